The Morgan fingerprint density at radius 1 is 1.60 bits per heavy atom. The summed E-state index contributed by atoms with van der Waals surface area (Å²) in [5.41, 5.74) is -0.805. The molecule has 0 saturated carbocycles. The van der Waals surface area contributed by atoms with E-state index in [0.29, 0.717) is 12.3 Å². The molecule has 0 aliphatic rings. The number of carbonyl (C=O) groups excluding carboxylic acids is 1. The summed E-state index contributed by atoms with van der Waals surface area (Å²) in [6.07, 6.45) is 3.85. The second-order valence-corrected chi connectivity index (χ2v) is 5.20. The zero-order valence-corrected chi connectivity index (χ0v) is 11.0. The molecule has 0 bridgehead atoms. The molecular formula is C11H23NO2S. The molecule has 0 aromatic rings. The minimum Gasteiger partial charge on any atom is -0.387 e. The number of thioether (sulfide) groups is 1. The highest BCUT2D eigenvalue weighted by atomic mass is 32.2. The maximum atomic E-state index is 11.6. The van der Waals surface area contributed by atoms with E-state index >= 15 is 0 Å². The number of aliphatic hydroxyl groups is 1. The van der Waals surface area contributed by atoms with Crippen LogP contribution in [-0.2, 0) is 4.79 Å². The summed E-state index contributed by atoms with van der Waals surface area (Å²) in [5, 5.41) is 12.6. The topological polar surface area (TPSA) is 49.3 Å². The monoisotopic (exact) mass is 233 g/mol. The standard InChI is InChI=1S/C11H23NO2S/c1-5-6-9(2)10(13)12-7-11(3,14)8-15-4/h9,14H,5-8H2,1-4H3,(H,12,13). The van der Waals surface area contributed by atoms with Crippen molar-refractivity contribution in [2.24, 2.45) is 5.92 Å². The van der Waals surface area contributed by atoms with Crippen LogP contribution in [0.25, 0.3) is 0 Å². The summed E-state index contributed by atoms with van der Waals surface area (Å²) in [7, 11) is 0. The van der Waals surface area contributed by atoms with Gasteiger partial charge in [0.15, 0.2) is 0 Å². The van der Waals surface area contributed by atoms with Crippen molar-refractivity contribution < 1.29 is 9.90 Å². The summed E-state index contributed by atoms with van der Waals surface area (Å²) in [4.78, 5) is 11.6. The van der Waals surface area contributed by atoms with Crippen molar-refractivity contribution >= 4 is 17.7 Å². The largest absolute Gasteiger partial charge is 0.387 e. The maximum absolute atomic E-state index is 11.6. The molecule has 0 saturated heterocycles. The van der Waals surface area contributed by atoms with Crippen molar-refractivity contribution in [1.82, 2.24) is 5.32 Å². The molecule has 0 aliphatic carbocycles. The highest BCUT2D eigenvalue weighted by molar-refractivity contribution is 7.98. The normalized spacial score (nSPS) is 16.9. The van der Waals surface area contributed by atoms with Crippen LogP contribution in [-0.4, -0.2) is 35.2 Å². The first-order valence-electron chi connectivity index (χ1n) is 5.42. The second kappa shape index (κ2) is 7.12. The van der Waals surface area contributed by atoms with Gasteiger partial charge in [0.05, 0.1) is 5.60 Å². The van der Waals surface area contributed by atoms with Gasteiger partial charge in [-0.3, -0.25) is 4.79 Å². The van der Waals surface area contributed by atoms with E-state index in [1.165, 1.54) is 0 Å². The Labute approximate surface area is 97.0 Å². The quantitative estimate of drug-likeness (QED) is 0.703. The van der Waals surface area contributed by atoms with E-state index in [1.807, 2.05) is 13.2 Å². The minimum absolute atomic E-state index is 0.0400. The van der Waals surface area contributed by atoms with E-state index in [1.54, 1.807) is 18.7 Å². The summed E-state index contributed by atoms with van der Waals surface area (Å²) >= 11 is 1.58. The molecule has 0 rings (SSSR count). The third-order valence-electron chi connectivity index (χ3n) is 2.27. The molecule has 15 heavy (non-hydrogen) atoms. The molecule has 0 fully saturated rings. The highest BCUT2D eigenvalue weighted by Crippen LogP contribution is 2.10. The summed E-state index contributed by atoms with van der Waals surface area (Å²) in [5.74, 6) is 0.716. The molecule has 90 valence electrons. The number of nitrogens with one attached hydrogen (secondary N) is 1. The lowest BCUT2D eigenvalue weighted by atomic mass is 10.0. The van der Waals surface area contributed by atoms with Crippen molar-refractivity contribution in [2.75, 3.05) is 18.6 Å². The third-order valence-corrected chi connectivity index (χ3v) is 3.18. The fraction of sp³-hybridized carbons (Fsp3) is 0.909. The van der Waals surface area contributed by atoms with E-state index in [-0.39, 0.29) is 11.8 Å². The zero-order valence-electron chi connectivity index (χ0n) is 10.2. The van der Waals surface area contributed by atoms with Gasteiger partial charge in [-0.25, -0.2) is 0 Å². The fourth-order valence-electron chi connectivity index (χ4n) is 1.38. The van der Waals surface area contributed by atoms with E-state index < -0.39 is 5.60 Å². The molecule has 2 unspecified atom stereocenters. The third kappa shape index (κ3) is 6.79. The van der Waals surface area contributed by atoms with Gasteiger partial charge >= 0.3 is 0 Å². The Bertz CT molecular complexity index is 195. The Hall–Kier alpha value is -0.220. The van der Waals surface area contributed by atoms with Crippen LogP contribution in [0.1, 0.15) is 33.6 Å². The molecule has 0 heterocycles. The van der Waals surface area contributed by atoms with Crippen molar-refractivity contribution in [3.05, 3.63) is 0 Å². The van der Waals surface area contributed by atoms with Crippen LogP contribution in [0, 0.1) is 5.92 Å². The molecule has 2 N–H and O–H groups in total. The Kier molecular flexibility index (Phi) is 7.02. The number of hydrogen-bond donors (Lipinski definition) is 2. The van der Waals surface area contributed by atoms with Crippen LogP contribution >= 0.6 is 11.8 Å². The van der Waals surface area contributed by atoms with Gasteiger partial charge in [-0.1, -0.05) is 20.3 Å². The summed E-state index contributed by atoms with van der Waals surface area (Å²) in [6.45, 7) is 6.06. The van der Waals surface area contributed by atoms with Crippen molar-refractivity contribution in [1.29, 1.82) is 0 Å². The van der Waals surface area contributed by atoms with Crippen LogP contribution in [0.3, 0.4) is 0 Å². The first-order chi connectivity index (χ1) is 6.93. The SMILES string of the molecule is CCCC(C)C(=O)NCC(C)(O)CSC. The molecule has 0 aromatic carbocycles. The van der Waals surface area contributed by atoms with Crippen LogP contribution in [0.15, 0.2) is 0 Å². The number of amides is 1. The van der Waals surface area contributed by atoms with Crippen molar-refractivity contribution in [3.8, 4) is 0 Å². The molecule has 0 aliphatic heterocycles. The zero-order chi connectivity index (χ0) is 11.9. The maximum Gasteiger partial charge on any atom is 0.222 e. The Balaban J connectivity index is 3.88. The van der Waals surface area contributed by atoms with Crippen LogP contribution in [0.2, 0.25) is 0 Å². The van der Waals surface area contributed by atoms with Gasteiger partial charge in [0, 0.05) is 18.2 Å². The average molecular weight is 233 g/mol. The van der Waals surface area contributed by atoms with E-state index in [9.17, 15) is 9.90 Å². The summed E-state index contributed by atoms with van der Waals surface area (Å²) < 4.78 is 0. The molecule has 0 radical (unpaired) electrons. The Morgan fingerprint density at radius 3 is 2.67 bits per heavy atom. The van der Waals surface area contributed by atoms with Gasteiger partial charge < -0.3 is 10.4 Å². The molecule has 0 aromatic heterocycles. The number of carbonyl (C=O) groups is 1. The van der Waals surface area contributed by atoms with Gasteiger partial charge in [-0.05, 0) is 19.6 Å². The predicted molar refractivity (Wildman–Crippen MR) is 66.1 cm³/mol. The van der Waals surface area contributed by atoms with E-state index in [2.05, 4.69) is 12.2 Å². The molecule has 3 nitrogen and oxygen atoms in total. The second-order valence-electron chi connectivity index (χ2n) is 4.34. The molecule has 4 heteroatoms. The lowest BCUT2D eigenvalue weighted by Gasteiger charge is -2.23. The van der Waals surface area contributed by atoms with Gasteiger partial charge in [-0.2, -0.15) is 11.8 Å². The Morgan fingerprint density at radius 2 is 2.20 bits per heavy atom. The first-order valence-corrected chi connectivity index (χ1v) is 6.81. The smallest absolute Gasteiger partial charge is 0.222 e. The predicted octanol–water partition coefficient (Wildman–Crippen LogP) is 1.65. The van der Waals surface area contributed by atoms with Crippen LogP contribution in [0.4, 0.5) is 0 Å². The molecule has 0 spiro atoms. The molecule has 1 amide bonds. The lowest BCUT2D eigenvalue weighted by Crippen LogP contribution is -2.44. The van der Waals surface area contributed by atoms with E-state index in [0.717, 1.165) is 12.8 Å². The van der Waals surface area contributed by atoms with Crippen LogP contribution < -0.4 is 5.32 Å². The van der Waals surface area contributed by atoms with Crippen molar-refractivity contribution in [3.63, 3.8) is 0 Å². The van der Waals surface area contributed by atoms with Gasteiger partial charge in [-0.15, -0.1) is 0 Å². The fourth-order valence-corrected chi connectivity index (χ4v) is 2.10. The van der Waals surface area contributed by atoms with Gasteiger partial charge in [0.1, 0.15) is 0 Å². The lowest BCUT2D eigenvalue weighted by molar-refractivity contribution is -0.125. The summed E-state index contributed by atoms with van der Waals surface area (Å²) in [6, 6.07) is 0. The number of rotatable bonds is 7. The molecule has 2 atom stereocenters. The number of hydrogen-bond acceptors (Lipinski definition) is 3. The molecular weight excluding hydrogens is 210 g/mol. The van der Waals surface area contributed by atoms with Gasteiger partial charge in [0.2, 0.25) is 5.91 Å². The van der Waals surface area contributed by atoms with Crippen molar-refractivity contribution in [2.45, 2.75) is 39.2 Å². The highest BCUT2D eigenvalue weighted by Gasteiger charge is 2.21. The van der Waals surface area contributed by atoms with Gasteiger partial charge in [0.25, 0.3) is 0 Å². The minimum atomic E-state index is -0.805. The van der Waals surface area contributed by atoms with Crippen LogP contribution in [0.5, 0.6) is 0 Å². The average Bonchev–Trinajstić information content (AvgIpc) is 2.14. The van der Waals surface area contributed by atoms with E-state index in [4.69, 9.17) is 0 Å². The first kappa shape index (κ1) is 14.8.